The van der Waals surface area contributed by atoms with Crippen LogP contribution in [0.4, 0.5) is 0 Å². The molecule has 3 rings (SSSR count). The fourth-order valence-corrected chi connectivity index (χ4v) is 5.49. The van der Waals surface area contributed by atoms with Gasteiger partial charge in [-0.2, -0.15) is 0 Å². The topological polar surface area (TPSA) is 86.8 Å². The van der Waals surface area contributed by atoms with Crippen LogP contribution in [0.1, 0.15) is 24.0 Å². The minimum atomic E-state index is -3.64. The van der Waals surface area contributed by atoms with Crippen LogP contribution in [0.15, 0.2) is 94.3 Å². The zero-order valence-corrected chi connectivity index (χ0v) is 23.4. The molecule has 1 N–H and O–H groups in total. The lowest BCUT2D eigenvalue weighted by atomic mass is 10.0. The largest absolute Gasteiger partial charge is 0.357 e. The van der Waals surface area contributed by atoms with Crippen LogP contribution in [0.5, 0.6) is 0 Å². The minimum Gasteiger partial charge on any atom is -0.357 e. The van der Waals surface area contributed by atoms with Crippen molar-refractivity contribution < 1.29 is 18.0 Å². The Bertz CT molecular complexity index is 1270. The number of benzene rings is 3. The first kappa shape index (κ1) is 28.6. The summed E-state index contributed by atoms with van der Waals surface area (Å²) in [6.07, 6.45) is 0.794. The van der Waals surface area contributed by atoms with E-state index in [-0.39, 0.29) is 36.2 Å². The molecule has 0 unspecified atom stereocenters. The number of hydrogen-bond acceptors (Lipinski definition) is 4. The third-order valence-corrected chi connectivity index (χ3v) is 8.50. The van der Waals surface area contributed by atoms with E-state index >= 15 is 0 Å². The Labute approximate surface area is 227 Å². The maximum absolute atomic E-state index is 13.5. The number of amides is 2. The summed E-state index contributed by atoms with van der Waals surface area (Å²) < 4.78 is 27.8. The van der Waals surface area contributed by atoms with E-state index < -0.39 is 16.1 Å². The lowest BCUT2D eigenvalue weighted by Gasteiger charge is -2.31. The Morgan fingerprint density at radius 1 is 0.892 bits per heavy atom. The number of nitrogens with one attached hydrogen (secondary N) is 1. The third-order valence-electron chi connectivity index (χ3n) is 6.10. The van der Waals surface area contributed by atoms with Gasteiger partial charge < -0.3 is 10.2 Å². The van der Waals surface area contributed by atoms with E-state index in [4.69, 9.17) is 0 Å². The second-order valence-electron chi connectivity index (χ2n) is 8.71. The van der Waals surface area contributed by atoms with Gasteiger partial charge in [0.25, 0.3) is 0 Å². The molecule has 0 aliphatic heterocycles. The van der Waals surface area contributed by atoms with E-state index in [0.29, 0.717) is 12.8 Å². The van der Waals surface area contributed by atoms with E-state index in [0.717, 1.165) is 15.6 Å². The van der Waals surface area contributed by atoms with Crippen LogP contribution < -0.4 is 5.32 Å². The molecule has 3 aromatic carbocycles. The minimum absolute atomic E-state index is 0.105. The normalized spacial score (nSPS) is 12.2. The molecule has 0 spiro atoms. The average molecular weight is 587 g/mol. The monoisotopic (exact) mass is 585 g/mol. The smallest absolute Gasteiger partial charge is 0.242 e. The molecule has 0 saturated carbocycles. The zero-order valence-electron chi connectivity index (χ0n) is 21.0. The molecule has 1 atom stereocenters. The van der Waals surface area contributed by atoms with E-state index in [1.807, 2.05) is 54.6 Å². The van der Waals surface area contributed by atoms with Crippen molar-refractivity contribution in [3.63, 3.8) is 0 Å². The summed E-state index contributed by atoms with van der Waals surface area (Å²) in [5.41, 5.74) is 1.83. The quantitative estimate of drug-likeness (QED) is 0.344. The molecule has 0 radical (unpaired) electrons. The summed E-state index contributed by atoms with van der Waals surface area (Å²) in [4.78, 5) is 28.3. The first-order chi connectivity index (χ1) is 17.7. The van der Waals surface area contributed by atoms with Crippen LogP contribution in [-0.4, -0.2) is 56.1 Å². The molecular weight excluding hydrogens is 554 g/mol. The number of carbonyl (C=O) groups excluding carboxylic acids is 2. The Hall–Kier alpha value is -3.01. The van der Waals surface area contributed by atoms with Crippen LogP contribution in [0.2, 0.25) is 0 Å². The highest BCUT2D eigenvalue weighted by Crippen LogP contribution is 2.19. The van der Waals surface area contributed by atoms with Crippen molar-refractivity contribution in [1.29, 1.82) is 0 Å². The zero-order chi connectivity index (χ0) is 26.8. The van der Waals surface area contributed by atoms with Gasteiger partial charge in [0, 0.05) is 44.5 Å². The third kappa shape index (κ3) is 7.99. The van der Waals surface area contributed by atoms with Crippen molar-refractivity contribution in [2.75, 3.05) is 20.6 Å². The molecule has 0 bridgehead atoms. The average Bonchev–Trinajstić information content (AvgIpc) is 2.92. The molecule has 196 valence electrons. The fourth-order valence-electron chi connectivity index (χ4n) is 4.00. The molecule has 9 heteroatoms. The Kier molecular flexibility index (Phi) is 10.4. The Morgan fingerprint density at radius 3 is 2.08 bits per heavy atom. The molecule has 3 aromatic rings. The maximum Gasteiger partial charge on any atom is 0.242 e. The predicted molar refractivity (Wildman–Crippen MR) is 148 cm³/mol. The Balaban J connectivity index is 1.77. The van der Waals surface area contributed by atoms with E-state index in [1.165, 1.54) is 11.4 Å². The summed E-state index contributed by atoms with van der Waals surface area (Å²) in [5.74, 6) is -0.462. The van der Waals surface area contributed by atoms with Crippen molar-refractivity contribution in [2.24, 2.45) is 0 Å². The van der Waals surface area contributed by atoms with Gasteiger partial charge in [-0.05, 0) is 41.8 Å². The summed E-state index contributed by atoms with van der Waals surface area (Å²) in [6.45, 7) is 0.438. The lowest BCUT2D eigenvalue weighted by Crippen LogP contribution is -2.49. The molecule has 0 aliphatic carbocycles. The molecular formula is C28H32BrN3O4S. The number of likely N-dealkylation sites (N-methyl/N-ethyl adjacent to an activating group) is 1. The molecule has 0 saturated heterocycles. The van der Waals surface area contributed by atoms with E-state index in [2.05, 4.69) is 21.2 Å². The summed E-state index contributed by atoms with van der Waals surface area (Å²) in [7, 11) is -0.574. The standard InChI is InChI=1S/C28H32BrN3O4S/c1-30-28(34)26(20-22-10-5-3-6-11-22)32(21-23-15-17-24(29)18-16-23)27(33)14-9-19-31(2)37(35,36)25-12-7-4-8-13-25/h3-8,10-13,15-18,26H,9,14,19-21H2,1-2H3,(H,30,34)/t26-/m0/s1. The van der Waals surface area contributed by atoms with Gasteiger partial charge in [0.15, 0.2) is 0 Å². The van der Waals surface area contributed by atoms with Gasteiger partial charge in [-0.15, -0.1) is 0 Å². The summed E-state index contributed by atoms with van der Waals surface area (Å²) >= 11 is 3.43. The number of nitrogens with zero attached hydrogens (tertiary/aromatic N) is 2. The highest BCUT2D eigenvalue weighted by Gasteiger charge is 2.30. The molecule has 0 fully saturated rings. The van der Waals surface area contributed by atoms with Gasteiger partial charge in [-0.3, -0.25) is 9.59 Å². The number of sulfonamides is 1. The number of rotatable bonds is 12. The first-order valence-electron chi connectivity index (χ1n) is 12.0. The van der Waals surface area contributed by atoms with Crippen molar-refractivity contribution in [1.82, 2.24) is 14.5 Å². The van der Waals surface area contributed by atoms with Crippen molar-refractivity contribution in [3.8, 4) is 0 Å². The summed E-state index contributed by atoms with van der Waals surface area (Å²) in [5, 5.41) is 2.70. The van der Waals surface area contributed by atoms with E-state index in [9.17, 15) is 18.0 Å². The van der Waals surface area contributed by atoms with Crippen LogP contribution in [0, 0.1) is 0 Å². The second kappa shape index (κ2) is 13.5. The predicted octanol–water partition coefficient (Wildman–Crippen LogP) is 4.24. The number of halogens is 1. The van der Waals surface area contributed by atoms with Gasteiger partial charge in [-0.25, -0.2) is 12.7 Å². The fraction of sp³-hybridized carbons (Fsp3) is 0.286. The molecule has 0 aliphatic rings. The van der Waals surface area contributed by atoms with Crippen LogP contribution in [-0.2, 0) is 32.6 Å². The Morgan fingerprint density at radius 2 is 1.49 bits per heavy atom. The second-order valence-corrected chi connectivity index (χ2v) is 11.7. The van der Waals surface area contributed by atoms with Crippen LogP contribution in [0.25, 0.3) is 0 Å². The van der Waals surface area contributed by atoms with Crippen molar-refractivity contribution >= 4 is 37.8 Å². The molecule has 2 amide bonds. The number of hydrogen-bond donors (Lipinski definition) is 1. The summed E-state index contributed by atoms with van der Waals surface area (Å²) in [6, 6.07) is 24.7. The van der Waals surface area contributed by atoms with Crippen LogP contribution in [0.3, 0.4) is 0 Å². The highest BCUT2D eigenvalue weighted by atomic mass is 79.9. The van der Waals surface area contributed by atoms with Gasteiger partial charge in [0.1, 0.15) is 6.04 Å². The van der Waals surface area contributed by atoms with Crippen molar-refractivity contribution in [2.45, 2.75) is 36.7 Å². The molecule has 0 heterocycles. The first-order valence-corrected chi connectivity index (χ1v) is 14.3. The van der Waals surface area contributed by atoms with Gasteiger partial charge in [-0.1, -0.05) is 76.6 Å². The molecule has 0 aromatic heterocycles. The highest BCUT2D eigenvalue weighted by molar-refractivity contribution is 9.10. The van der Waals surface area contributed by atoms with Gasteiger partial charge in [0.05, 0.1) is 4.90 Å². The SMILES string of the molecule is CNC(=O)[C@H](Cc1ccccc1)N(Cc1ccc(Br)cc1)C(=O)CCCN(C)S(=O)(=O)c1ccccc1. The van der Waals surface area contributed by atoms with Crippen molar-refractivity contribution in [3.05, 3.63) is 101 Å². The van der Waals surface area contributed by atoms with Crippen LogP contribution >= 0.6 is 15.9 Å². The van der Waals surface area contributed by atoms with Gasteiger partial charge >= 0.3 is 0 Å². The lowest BCUT2D eigenvalue weighted by molar-refractivity contribution is -0.141. The number of carbonyl (C=O) groups is 2. The van der Waals surface area contributed by atoms with E-state index in [1.54, 1.807) is 42.3 Å². The molecule has 37 heavy (non-hydrogen) atoms. The molecule has 7 nitrogen and oxygen atoms in total. The maximum atomic E-state index is 13.5. The van der Waals surface area contributed by atoms with Gasteiger partial charge in [0.2, 0.25) is 21.8 Å².